The van der Waals surface area contributed by atoms with Gasteiger partial charge in [0.1, 0.15) is 11.8 Å². The average molecular weight is 485 g/mol. The summed E-state index contributed by atoms with van der Waals surface area (Å²) in [6.07, 6.45) is -1.24. The van der Waals surface area contributed by atoms with Gasteiger partial charge in [-0.15, -0.1) is 3.89 Å². The zero-order chi connectivity index (χ0) is 20.3. The summed E-state index contributed by atoms with van der Waals surface area (Å²) in [5.74, 6) is 0. The first-order valence-electron chi connectivity index (χ1n) is 8.27. The van der Waals surface area contributed by atoms with Crippen molar-refractivity contribution in [2.24, 2.45) is 0 Å². The van der Waals surface area contributed by atoms with Crippen molar-refractivity contribution >= 4 is 51.6 Å². The fourth-order valence-corrected chi connectivity index (χ4v) is 3.53. The molecule has 0 unspecified atom stereocenters. The van der Waals surface area contributed by atoms with E-state index in [0.717, 1.165) is 14.1 Å². The van der Waals surface area contributed by atoms with Crippen molar-refractivity contribution in [3.8, 4) is 11.3 Å². The zero-order valence-electron chi connectivity index (χ0n) is 14.9. The molecular weight excluding hydrogens is 469 g/mol. The molecule has 0 fully saturated rings. The van der Waals surface area contributed by atoms with E-state index >= 15 is 0 Å². The van der Waals surface area contributed by atoms with Crippen molar-refractivity contribution < 1.29 is 13.4 Å². The fraction of sp³-hybridized carbons (Fsp3) is 0.158. The van der Waals surface area contributed by atoms with E-state index in [-0.39, 0.29) is 12.3 Å². The van der Waals surface area contributed by atoms with Crippen molar-refractivity contribution in [1.29, 1.82) is 0 Å². The third kappa shape index (κ3) is 4.51. The standard InChI is InChI=1S/C19H16BrClFN3O2S/c1-11-17(18(24-25(11)28-22)13-7-9-14(20)10-8-13)23-19(26)27-12(2)15-5-3-4-6-16(15)21/h3-10,12H,1-2H3,(H,23,26)/t12-/m1/s1. The molecule has 0 radical (unpaired) electrons. The highest BCUT2D eigenvalue weighted by molar-refractivity contribution is 9.10. The first-order chi connectivity index (χ1) is 13.4. The maximum Gasteiger partial charge on any atom is 0.412 e. The molecule has 3 aromatic rings. The number of hydrogen-bond donors (Lipinski definition) is 1. The van der Waals surface area contributed by atoms with Crippen molar-refractivity contribution in [1.82, 2.24) is 9.19 Å². The van der Waals surface area contributed by atoms with Crippen LogP contribution in [0.5, 0.6) is 0 Å². The quantitative estimate of drug-likeness (QED) is 0.425. The monoisotopic (exact) mass is 483 g/mol. The normalized spacial score (nSPS) is 11.9. The molecule has 1 aromatic heterocycles. The van der Waals surface area contributed by atoms with Gasteiger partial charge >= 0.3 is 6.09 Å². The lowest BCUT2D eigenvalue weighted by atomic mass is 10.1. The molecule has 0 saturated carbocycles. The Morgan fingerprint density at radius 2 is 1.96 bits per heavy atom. The van der Waals surface area contributed by atoms with E-state index in [1.54, 1.807) is 32.0 Å². The smallest absolute Gasteiger partial charge is 0.412 e. The highest BCUT2D eigenvalue weighted by Gasteiger charge is 2.21. The number of nitrogens with zero attached hydrogens (tertiary/aromatic N) is 2. The summed E-state index contributed by atoms with van der Waals surface area (Å²) in [6, 6.07) is 14.5. The Kier molecular flexibility index (Phi) is 6.64. The number of halogens is 3. The lowest BCUT2D eigenvalue weighted by molar-refractivity contribution is 0.121. The lowest BCUT2D eigenvalue weighted by Crippen LogP contribution is -2.17. The number of aromatic nitrogens is 2. The Balaban J connectivity index is 1.85. The topological polar surface area (TPSA) is 56.1 Å². The molecule has 0 bridgehead atoms. The number of amides is 1. The summed E-state index contributed by atoms with van der Waals surface area (Å²) < 4.78 is 20.7. The molecule has 0 aliphatic heterocycles. The fourth-order valence-electron chi connectivity index (χ4n) is 2.67. The zero-order valence-corrected chi connectivity index (χ0v) is 18.1. The molecule has 28 heavy (non-hydrogen) atoms. The third-order valence-corrected chi connectivity index (χ3v) is 5.47. The Morgan fingerprint density at radius 3 is 2.61 bits per heavy atom. The van der Waals surface area contributed by atoms with Crippen LogP contribution in [0, 0.1) is 6.92 Å². The Bertz CT molecular complexity index is 997. The van der Waals surface area contributed by atoms with Crippen LogP contribution in [0.1, 0.15) is 24.3 Å². The van der Waals surface area contributed by atoms with Crippen LogP contribution in [0.2, 0.25) is 5.02 Å². The first-order valence-corrected chi connectivity index (χ1v) is 10.1. The Hall–Kier alpha value is -2.03. The second kappa shape index (κ2) is 8.98. The van der Waals surface area contributed by atoms with Gasteiger partial charge in [-0.2, -0.15) is 9.19 Å². The number of carbonyl (C=O) groups excluding carboxylic acids is 1. The van der Waals surface area contributed by atoms with Crippen molar-refractivity contribution in [2.75, 3.05) is 5.32 Å². The average Bonchev–Trinajstić information content (AvgIpc) is 2.98. The molecule has 5 nitrogen and oxygen atoms in total. The van der Waals surface area contributed by atoms with Gasteiger partial charge in [0.15, 0.2) is 12.3 Å². The van der Waals surface area contributed by atoms with Gasteiger partial charge in [-0.3, -0.25) is 5.32 Å². The van der Waals surface area contributed by atoms with Gasteiger partial charge in [0.2, 0.25) is 0 Å². The summed E-state index contributed by atoms with van der Waals surface area (Å²) in [7, 11) is 0. The molecular formula is C19H16BrClFN3O2S. The SMILES string of the molecule is Cc1c(NC(=O)O[C@H](C)c2ccccc2Cl)c(-c2ccc(Br)cc2)nn1SF. The molecule has 1 atom stereocenters. The van der Waals surface area contributed by atoms with Gasteiger partial charge in [-0.25, -0.2) is 4.79 Å². The molecule has 3 rings (SSSR count). The number of ether oxygens (including phenoxy) is 1. The molecule has 146 valence electrons. The Labute approximate surface area is 179 Å². The van der Waals surface area contributed by atoms with Crippen LogP contribution in [-0.4, -0.2) is 15.3 Å². The number of carbonyl (C=O) groups is 1. The van der Waals surface area contributed by atoms with Gasteiger partial charge in [0, 0.05) is 20.6 Å². The van der Waals surface area contributed by atoms with Crippen LogP contribution < -0.4 is 5.32 Å². The number of nitrogens with one attached hydrogen (secondary N) is 1. The van der Waals surface area contributed by atoms with E-state index in [9.17, 15) is 8.68 Å². The largest absolute Gasteiger partial charge is 0.441 e. The molecule has 2 aromatic carbocycles. The molecule has 1 heterocycles. The predicted octanol–water partition coefficient (Wildman–Crippen LogP) is 6.96. The van der Waals surface area contributed by atoms with Crippen LogP contribution in [0.25, 0.3) is 11.3 Å². The van der Waals surface area contributed by atoms with Crippen LogP contribution in [-0.2, 0) is 4.74 Å². The summed E-state index contributed by atoms with van der Waals surface area (Å²) >= 11 is 9.48. The van der Waals surface area contributed by atoms with Gasteiger partial charge in [0.05, 0.1) is 11.4 Å². The van der Waals surface area contributed by atoms with E-state index in [1.807, 2.05) is 30.3 Å². The van der Waals surface area contributed by atoms with Crippen LogP contribution in [0.15, 0.2) is 53.0 Å². The molecule has 1 amide bonds. The van der Waals surface area contributed by atoms with Gasteiger partial charge in [-0.05, 0) is 32.0 Å². The van der Waals surface area contributed by atoms with Gasteiger partial charge in [-0.1, -0.05) is 57.9 Å². The van der Waals surface area contributed by atoms with Crippen molar-refractivity contribution in [3.05, 3.63) is 69.3 Å². The predicted molar refractivity (Wildman–Crippen MR) is 114 cm³/mol. The molecule has 0 saturated heterocycles. The van der Waals surface area contributed by atoms with Crippen molar-refractivity contribution in [3.63, 3.8) is 0 Å². The van der Waals surface area contributed by atoms with E-state index < -0.39 is 12.2 Å². The summed E-state index contributed by atoms with van der Waals surface area (Å²) in [5.41, 5.74) is 2.70. The highest BCUT2D eigenvalue weighted by atomic mass is 79.9. The minimum absolute atomic E-state index is 0.0452. The number of hydrogen-bond acceptors (Lipinski definition) is 4. The Morgan fingerprint density at radius 1 is 1.29 bits per heavy atom. The van der Waals surface area contributed by atoms with Crippen LogP contribution in [0.3, 0.4) is 0 Å². The third-order valence-electron chi connectivity index (χ3n) is 4.11. The molecule has 1 N–H and O–H groups in total. The second-order valence-corrected chi connectivity index (χ2v) is 7.76. The summed E-state index contributed by atoms with van der Waals surface area (Å²) in [5, 5.41) is 7.43. The summed E-state index contributed by atoms with van der Waals surface area (Å²) in [4.78, 5) is 12.5. The maximum atomic E-state index is 13.2. The van der Waals surface area contributed by atoms with E-state index in [1.165, 1.54) is 0 Å². The van der Waals surface area contributed by atoms with Crippen LogP contribution >= 0.6 is 39.9 Å². The summed E-state index contributed by atoms with van der Waals surface area (Å²) in [6.45, 7) is 3.39. The van der Waals surface area contributed by atoms with E-state index in [2.05, 4.69) is 26.3 Å². The maximum absolute atomic E-state index is 13.2. The van der Waals surface area contributed by atoms with Crippen LogP contribution in [0.4, 0.5) is 14.4 Å². The number of rotatable bonds is 5. The van der Waals surface area contributed by atoms with E-state index in [4.69, 9.17) is 16.3 Å². The van der Waals surface area contributed by atoms with E-state index in [0.29, 0.717) is 27.7 Å². The number of benzene rings is 2. The molecule has 0 aliphatic rings. The molecule has 0 spiro atoms. The van der Waals surface area contributed by atoms with Crippen molar-refractivity contribution in [2.45, 2.75) is 20.0 Å². The highest BCUT2D eigenvalue weighted by Crippen LogP contribution is 2.33. The molecule has 0 aliphatic carbocycles. The van der Waals surface area contributed by atoms with Gasteiger partial charge < -0.3 is 4.74 Å². The molecule has 9 heteroatoms. The second-order valence-electron chi connectivity index (χ2n) is 5.95. The minimum atomic E-state index is -0.683. The lowest BCUT2D eigenvalue weighted by Gasteiger charge is -2.15. The number of anilines is 1. The first kappa shape index (κ1) is 20.7. The minimum Gasteiger partial charge on any atom is -0.441 e. The van der Waals surface area contributed by atoms with Gasteiger partial charge in [0.25, 0.3) is 0 Å².